The quantitative estimate of drug-likeness (QED) is 0.832. The summed E-state index contributed by atoms with van der Waals surface area (Å²) in [5, 5.41) is 13.4. The molecule has 5 nitrogen and oxygen atoms in total. The van der Waals surface area contributed by atoms with E-state index in [9.17, 15) is 10.0 Å². The van der Waals surface area contributed by atoms with Crippen LogP contribution in [0.4, 0.5) is 5.69 Å². The Morgan fingerprint density at radius 3 is 3.00 bits per heavy atom. The minimum atomic E-state index is -0.154. The molecule has 0 unspecified atom stereocenters. The van der Waals surface area contributed by atoms with Gasteiger partial charge in [-0.2, -0.15) is 0 Å². The molecule has 0 amide bonds. The zero-order chi connectivity index (χ0) is 13.6. The molecule has 0 spiro atoms. The topological polar surface area (TPSA) is 68.7 Å². The highest BCUT2D eigenvalue weighted by Gasteiger charge is 2.23. The fraction of sp³-hybridized carbons (Fsp3) is 0.385. The summed E-state index contributed by atoms with van der Waals surface area (Å²) >= 11 is 3.56. The van der Waals surface area contributed by atoms with Crippen molar-refractivity contribution in [1.29, 1.82) is 0 Å². The number of aromatic hydroxyl groups is 1. The highest BCUT2D eigenvalue weighted by molar-refractivity contribution is 9.10. The van der Waals surface area contributed by atoms with Crippen molar-refractivity contribution in [2.24, 2.45) is 5.18 Å². The van der Waals surface area contributed by atoms with E-state index in [2.05, 4.69) is 37.9 Å². The maximum absolute atomic E-state index is 10.8. The maximum Gasteiger partial charge on any atom is 0.219 e. The highest BCUT2D eigenvalue weighted by Crippen LogP contribution is 2.41. The maximum atomic E-state index is 10.8. The number of benzene rings is 1. The van der Waals surface area contributed by atoms with Crippen molar-refractivity contribution in [3.05, 3.63) is 26.6 Å². The molecule has 0 saturated carbocycles. The summed E-state index contributed by atoms with van der Waals surface area (Å²) in [5.74, 6) is -0.154. The molecule has 1 aliphatic heterocycles. The number of hydrogen-bond acceptors (Lipinski definition) is 4. The van der Waals surface area contributed by atoms with E-state index in [-0.39, 0.29) is 11.6 Å². The molecule has 0 bridgehead atoms. The summed E-state index contributed by atoms with van der Waals surface area (Å²) in [5.41, 5.74) is 3.30. The molecule has 2 aromatic rings. The standard InChI is InChI=1S/C13H14BrN3O2/c1-2-17-4-3-7-9(6-17)11-8(5-10(7)14)12(16-19)13(18)15-11/h5,15,18H,2-4,6H2,1H3. The van der Waals surface area contributed by atoms with Gasteiger partial charge in [0.15, 0.2) is 5.69 Å². The summed E-state index contributed by atoms with van der Waals surface area (Å²) < 4.78 is 0.981. The van der Waals surface area contributed by atoms with Gasteiger partial charge in [-0.1, -0.05) is 22.9 Å². The van der Waals surface area contributed by atoms with Gasteiger partial charge in [0.05, 0.1) is 5.52 Å². The Balaban J connectivity index is 2.29. The molecular weight excluding hydrogens is 310 g/mol. The lowest BCUT2D eigenvalue weighted by molar-refractivity contribution is 0.269. The van der Waals surface area contributed by atoms with Gasteiger partial charge < -0.3 is 10.1 Å². The number of nitrogens with zero attached hydrogens (tertiary/aromatic N) is 2. The van der Waals surface area contributed by atoms with Crippen molar-refractivity contribution in [3.63, 3.8) is 0 Å². The predicted molar refractivity (Wildman–Crippen MR) is 77.8 cm³/mol. The molecule has 6 heteroatoms. The minimum Gasteiger partial charge on any atom is -0.493 e. The van der Waals surface area contributed by atoms with Crippen LogP contribution in [0.1, 0.15) is 18.1 Å². The van der Waals surface area contributed by atoms with Crippen molar-refractivity contribution in [2.45, 2.75) is 19.9 Å². The number of fused-ring (bicyclic) bond motifs is 3. The van der Waals surface area contributed by atoms with Crippen LogP contribution < -0.4 is 0 Å². The lowest BCUT2D eigenvalue weighted by atomic mass is 9.97. The van der Waals surface area contributed by atoms with Gasteiger partial charge in [0.1, 0.15) is 0 Å². The first kappa shape index (κ1) is 12.6. The second-order valence-electron chi connectivity index (χ2n) is 4.77. The van der Waals surface area contributed by atoms with Crippen LogP contribution in [0.25, 0.3) is 10.9 Å². The summed E-state index contributed by atoms with van der Waals surface area (Å²) in [4.78, 5) is 16.1. The van der Waals surface area contributed by atoms with Crippen LogP contribution in [0, 0.1) is 4.91 Å². The fourth-order valence-electron chi connectivity index (χ4n) is 2.76. The van der Waals surface area contributed by atoms with Crippen molar-refractivity contribution in [3.8, 4) is 5.88 Å². The Morgan fingerprint density at radius 1 is 1.53 bits per heavy atom. The number of nitroso groups, excluding NO2 is 1. The van der Waals surface area contributed by atoms with Gasteiger partial charge in [0.2, 0.25) is 5.88 Å². The van der Waals surface area contributed by atoms with Gasteiger partial charge in [-0.25, -0.2) is 0 Å². The molecule has 1 aromatic heterocycles. The van der Waals surface area contributed by atoms with Gasteiger partial charge in [-0.15, -0.1) is 4.91 Å². The molecule has 3 rings (SSSR count). The Kier molecular flexibility index (Phi) is 3.06. The number of rotatable bonds is 2. The first-order valence-corrected chi connectivity index (χ1v) is 7.05. The smallest absolute Gasteiger partial charge is 0.219 e. The number of aromatic amines is 1. The van der Waals surface area contributed by atoms with Gasteiger partial charge in [-0.3, -0.25) is 4.90 Å². The van der Waals surface area contributed by atoms with E-state index in [4.69, 9.17) is 0 Å². The number of aromatic nitrogens is 1. The molecule has 0 fully saturated rings. The second kappa shape index (κ2) is 4.61. The molecule has 1 aromatic carbocycles. The normalized spacial score (nSPS) is 15.7. The zero-order valence-corrected chi connectivity index (χ0v) is 12.1. The van der Waals surface area contributed by atoms with Crippen molar-refractivity contribution < 1.29 is 5.11 Å². The zero-order valence-electron chi connectivity index (χ0n) is 10.5. The number of nitrogens with one attached hydrogen (secondary N) is 1. The van der Waals surface area contributed by atoms with E-state index >= 15 is 0 Å². The Morgan fingerprint density at radius 2 is 2.32 bits per heavy atom. The van der Waals surface area contributed by atoms with Crippen molar-refractivity contribution >= 4 is 32.5 Å². The first-order chi connectivity index (χ1) is 9.15. The van der Waals surface area contributed by atoms with Gasteiger partial charge >= 0.3 is 0 Å². The Hall–Kier alpha value is -1.40. The van der Waals surface area contributed by atoms with E-state index in [1.807, 2.05) is 6.07 Å². The van der Waals surface area contributed by atoms with Crippen LogP contribution in [0.2, 0.25) is 0 Å². The molecule has 2 heterocycles. The lowest BCUT2D eigenvalue weighted by Gasteiger charge is -2.28. The van der Waals surface area contributed by atoms with E-state index in [0.29, 0.717) is 5.39 Å². The van der Waals surface area contributed by atoms with Crippen LogP contribution in [-0.2, 0) is 13.0 Å². The second-order valence-corrected chi connectivity index (χ2v) is 5.62. The molecule has 2 N–H and O–H groups in total. The minimum absolute atomic E-state index is 0.0899. The van der Waals surface area contributed by atoms with Gasteiger partial charge in [0, 0.05) is 22.9 Å². The predicted octanol–water partition coefficient (Wildman–Crippen LogP) is 3.41. The molecule has 0 radical (unpaired) electrons. The monoisotopic (exact) mass is 323 g/mol. The van der Waals surface area contributed by atoms with Crippen LogP contribution in [0.5, 0.6) is 5.88 Å². The lowest BCUT2D eigenvalue weighted by Crippen LogP contribution is -2.30. The third kappa shape index (κ3) is 1.86. The summed E-state index contributed by atoms with van der Waals surface area (Å²) in [6.07, 6.45) is 0.962. The number of H-pyrrole nitrogens is 1. The molecule has 19 heavy (non-hydrogen) atoms. The van der Waals surface area contributed by atoms with Crippen LogP contribution >= 0.6 is 15.9 Å². The van der Waals surface area contributed by atoms with Crippen LogP contribution in [-0.4, -0.2) is 28.1 Å². The molecule has 0 atom stereocenters. The summed E-state index contributed by atoms with van der Waals surface area (Å²) in [6, 6.07) is 1.86. The van der Waals surface area contributed by atoms with Gasteiger partial charge in [-0.05, 0) is 35.3 Å². The molecule has 0 aliphatic carbocycles. The Bertz CT molecular complexity index is 666. The summed E-state index contributed by atoms with van der Waals surface area (Å²) in [7, 11) is 0. The van der Waals surface area contributed by atoms with Crippen LogP contribution in [0.3, 0.4) is 0 Å². The van der Waals surface area contributed by atoms with E-state index in [1.54, 1.807) is 0 Å². The molecule has 100 valence electrons. The molecule has 0 saturated heterocycles. The third-order valence-electron chi connectivity index (χ3n) is 3.82. The molecular formula is C13H14BrN3O2. The van der Waals surface area contributed by atoms with E-state index in [1.165, 1.54) is 5.56 Å². The average molecular weight is 324 g/mol. The number of halogens is 1. The number of hydrogen-bond donors (Lipinski definition) is 2. The SMILES string of the molecule is CCN1CCc2c(Br)cc3c(N=O)c(O)[nH]c3c2C1. The van der Waals surface area contributed by atoms with Crippen molar-refractivity contribution in [1.82, 2.24) is 9.88 Å². The largest absolute Gasteiger partial charge is 0.493 e. The average Bonchev–Trinajstić information content (AvgIpc) is 2.74. The van der Waals surface area contributed by atoms with Crippen molar-refractivity contribution in [2.75, 3.05) is 13.1 Å². The van der Waals surface area contributed by atoms with Gasteiger partial charge in [0.25, 0.3) is 0 Å². The summed E-state index contributed by atoms with van der Waals surface area (Å²) in [6.45, 7) is 4.96. The number of likely N-dealkylation sites (N-methyl/N-ethyl adjacent to an activating group) is 1. The van der Waals surface area contributed by atoms with Crippen LogP contribution in [0.15, 0.2) is 15.7 Å². The third-order valence-corrected chi connectivity index (χ3v) is 4.52. The van der Waals surface area contributed by atoms with E-state index in [0.717, 1.165) is 41.6 Å². The Labute approximate surface area is 118 Å². The van der Waals surface area contributed by atoms with E-state index < -0.39 is 0 Å². The highest BCUT2D eigenvalue weighted by atomic mass is 79.9. The fourth-order valence-corrected chi connectivity index (χ4v) is 3.42. The molecule has 1 aliphatic rings. The first-order valence-electron chi connectivity index (χ1n) is 6.26.